The van der Waals surface area contributed by atoms with E-state index in [1.54, 1.807) is 11.3 Å². The summed E-state index contributed by atoms with van der Waals surface area (Å²) in [6.07, 6.45) is 0.797. The van der Waals surface area contributed by atoms with Crippen LogP contribution in [0.5, 0.6) is 0 Å². The molecule has 0 bridgehead atoms. The number of hydrogen-bond acceptors (Lipinski definition) is 1. The number of thiophene rings is 1. The van der Waals surface area contributed by atoms with E-state index in [9.17, 15) is 0 Å². The summed E-state index contributed by atoms with van der Waals surface area (Å²) in [7, 11) is 0. The summed E-state index contributed by atoms with van der Waals surface area (Å²) in [6, 6.07) is 6.23. The smallest absolute Gasteiger partial charge is 0.0587 e. The molecule has 0 fully saturated rings. The number of halogens is 1. The quantitative estimate of drug-likeness (QED) is 0.647. The van der Waals surface area contributed by atoms with Crippen molar-refractivity contribution in [2.24, 2.45) is 0 Å². The van der Waals surface area contributed by atoms with E-state index in [4.69, 9.17) is 11.6 Å². The monoisotopic (exact) mass is 195 g/mol. The van der Waals surface area contributed by atoms with Crippen LogP contribution < -0.4 is 0 Å². The second kappa shape index (κ2) is 3.08. The van der Waals surface area contributed by atoms with Crippen LogP contribution in [-0.2, 0) is 6.42 Å². The highest BCUT2D eigenvalue weighted by atomic mass is 35.5. The fourth-order valence-electron chi connectivity index (χ4n) is 1.24. The summed E-state index contributed by atoms with van der Waals surface area (Å²) in [4.78, 5) is 0. The van der Waals surface area contributed by atoms with Gasteiger partial charge in [0, 0.05) is 0 Å². The Labute approximate surface area is 80.8 Å². The number of rotatable bonds is 1. The standard InChI is InChI=1S/C10H8ClS/c1-2-7-5-8-3-4-12-10(8)9(11)6-7/h3-6H,1-2H2. The lowest BCUT2D eigenvalue weighted by molar-refractivity contribution is 1.29. The molecule has 2 rings (SSSR count). The highest BCUT2D eigenvalue weighted by molar-refractivity contribution is 7.17. The molecule has 61 valence electrons. The zero-order valence-corrected chi connectivity index (χ0v) is 8.08. The first-order valence-corrected chi connectivity index (χ1v) is 5.02. The van der Waals surface area contributed by atoms with E-state index in [0.29, 0.717) is 0 Å². The molecule has 1 heterocycles. The van der Waals surface area contributed by atoms with E-state index in [0.717, 1.165) is 11.4 Å². The van der Waals surface area contributed by atoms with Gasteiger partial charge in [-0.25, -0.2) is 0 Å². The molecule has 12 heavy (non-hydrogen) atoms. The minimum Gasteiger partial charge on any atom is -0.142 e. The molecule has 0 aliphatic carbocycles. The predicted molar refractivity (Wildman–Crippen MR) is 55.9 cm³/mol. The first-order valence-electron chi connectivity index (χ1n) is 3.76. The van der Waals surface area contributed by atoms with Crippen molar-refractivity contribution in [1.82, 2.24) is 0 Å². The molecule has 0 unspecified atom stereocenters. The molecule has 1 radical (unpaired) electrons. The fraction of sp³-hybridized carbons (Fsp3) is 0.100. The second-order valence-electron chi connectivity index (χ2n) is 2.67. The maximum atomic E-state index is 6.06. The van der Waals surface area contributed by atoms with Crippen LogP contribution in [-0.4, -0.2) is 0 Å². The molecule has 1 aromatic carbocycles. The van der Waals surface area contributed by atoms with E-state index in [-0.39, 0.29) is 0 Å². The van der Waals surface area contributed by atoms with Crippen molar-refractivity contribution < 1.29 is 0 Å². The molecule has 0 amide bonds. The van der Waals surface area contributed by atoms with E-state index >= 15 is 0 Å². The average molecular weight is 196 g/mol. The molecule has 2 heteroatoms. The summed E-state index contributed by atoms with van der Waals surface area (Å²) >= 11 is 7.75. The third-order valence-corrected chi connectivity index (χ3v) is 3.23. The Bertz CT molecular complexity index is 403. The van der Waals surface area contributed by atoms with Gasteiger partial charge < -0.3 is 0 Å². The van der Waals surface area contributed by atoms with Gasteiger partial charge in [0.15, 0.2) is 0 Å². The minimum atomic E-state index is 0.797. The number of hydrogen-bond donors (Lipinski definition) is 0. The molecule has 0 spiro atoms. The van der Waals surface area contributed by atoms with Crippen LogP contribution >= 0.6 is 22.9 Å². The largest absolute Gasteiger partial charge is 0.142 e. The van der Waals surface area contributed by atoms with Crippen molar-refractivity contribution in [3.8, 4) is 0 Å². The Morgan fingerprint density at radius 3 is 3.00 bits per heavy atom. The van der Waals surface area contributed by atoms with Crippen molar-refractivity contribution >= 4 is 33.0 Å². The van der Waals surface area contributed by atoms with Gasteiger partial charge in [-0.1, -0.05) is 17.7 Å². The Morgan fingerprint density at radius 1 is 1.42 bits per heavy atom. The van der Waals surface area contributed by atoms with Crippen LogP contribution in [0.4, 0.5) is 0 Å². The third kappa shape index (κ3) is 1.23. The van der Waals surface area contributed by atoms with Gasteiger partial charge in [0.2, 0.25) is 0 Å². The zero-order chi connectivity index (χ0) is 8.55. The van der Waals surface area contributed by atoms with Crippen LogP contribution in [0, 0.1) is 6.92 Å². The Balaban J connectivity index is 2.75. The van der Waals surface area contributed by atoms with E-state index in [1.807, 2.05) is 6.07 Å². The number of fused-ring (bicyclic) bond motifs is 1. The number of benzene rings is 1. The summed E-state index contributed by atoms with van der Waals surface area (Å²) in [5.74, 6) is 0. The zero-order valence-electron chi connectivity index (χ0n) is 6.51. The molecule has 0 saturated carbocycles. The highest BCUT2D eigenvalue weighted by Gasteiger charge is 2.01. The summed E-state index contributed by atoms with van der Waals surface area (Å²) in [6.45, 7) is 3.83. The summed E-state index contributed by atoms with van der Waals surface area (Å²) < 4.78 is 1.17. The molecule has 0 nitrogen and oxygen atoms in total. The fourth-order valence-corrected chi connectivity index (χ4v) is 2.41. The van der Waals surface area contributed by atoms with E-state index < -0.39 is 0 Å². The molecular formula is C10H8ClS. The molecule has 0 saturated heterocycles. The van der Waals surface area contributed by atoms with Crippen molar-refractivity contribution in [3.05, 3.63) is 41.1 Å². The van der Waals surface area contributed by atoms with Gasteiger partial charge in [0.05, 0.1) is 9.72 Å². The van der Waals surface area contributed by atoms with Crippen LogP contribution in [0.2, 0.25) is 5.02 Å². The maximum Gasteiger partial charge on any atom is 0.0587 e. The average Bonchev–Trinajstić information content (AvgIpc) is 2.52. The van der Waals surface area contributed by atoms with Crippen LogP contribution in [0.1, 0.15) is 5.56 Å². The van der Waals surface area contributed by atoms with Gasteiger partial charge >= 0.3 is 0 Å². The lowest BCUT2D eigenvalue weighted by Gasteiger charge is -1.98. The van der Waals surface area contributed by atoms with E-state index in [2.05, 4.69) is 24.4 Å². The topological polar surface area (TPSA) is 0 Å². The normalized spacial score (nSPS) is 10.8. The highest BCUT2D eigenvalue weighted by Crippen LogP contribution is 2.29. The van der Waals surface area contributed by atoms with Crippen molar-refractivity contribution in [1.29, 1.82) is 0 Å². The third-order valence-electron chi connectivity index (χ3n) is 1.85. The molecule has 0 aliphatic rings. The minimum absolute atomic E-state index is 0.797. The molecule has 0 aliphatic heterocycles. The van der Waals surface area contributed by atoms with Crippen LogP contribution in [0.25, 0.3) is 10.1 Å². The summed E-state index contributed by atoms with van der Waals surface area (Å²) in [5, 5.41) is 4.14. The van der Waals surface area contributed by atoms with Crippen molar-refractivity contribution in [2.45, 2.75) is 6.42 Å². The first kappa shape index (κ1) is 8.09. The molecular weight excluding hydrogens is 188 g/mol. The lowest BCUT2D eigenvalue weighted by atomic mass is 10.1. The first-order chi connectivity index (χ1) is 5.81. The molecule has 0 N–H and O–H groups in total. The predicted octanol–water partition coefficient (Wildman–Crippen LogP) is 3.93. The SMILES string of the molecule is [CH2]Cc1cc(Cl)c2sccc2c1. The molecule has 1 aromatic heterocycles. The molecule has 0 atom stereocenters. The van der Waals surface area contributed by atoms with Crippen LogP contribution in [0.3, 0.4) is 0 Å². The van der Waals surface area contributed by atoms with E-state index in [1.165, 1.54) is 15.6 Å². The van der Waals surface area contributed by atoms with Gasteiger partial charge in [-0.2, -0.15) is 0 Å². The van der Waals surface area contributed by atoms with Gasteiger partial charge in [0.1, 0.15) is 0 Å². The summed E-state index contributed by atoms with van der Waals surface area (Å²) in [5.41, 5.74) is 1.20. The van der Waals surface area contributed by atoms with Crippen LogP contribution in [0.15, 0.2) is 23.6 Å². The van der Waals surface area contributed by atoms with Gasteiger partial charge in [-0.3, -0.25) is 0 Å². The van der Waals surface area contributed by atoms with Gasteiger partial charge in [-0.15, -0.1) is 11.3 Å². The van der Waals surface area contributed by atoms with Crippen molar-refractivity contribution in [3.63, 3.8) is 0 Å². The van der Waals surface area contributed by atoms with Gasteiger partial charge in [-0.05, 0) is 41.8 Å². The van der Waals surface area contributed by atoms with Gasteiger partial charge in [0.25, 0.3) is 0 Å². The Morgan fingerprint density at radius 2 is 2.25 bits per heavy atom. The molecule has 2 aromatic rings. The van der Waals surface area contributed by atoms with Crippen molar-refractivity contribution in [2.75, 3.05) is 0 Å². The maximum absolute atomic E-state index is 6.06. The lowest BCUT2D eigenvalue weighted by Crippen LogP contribution is -1.78. The Kier molecular flexibility index (Phi) is 2.07. The second-order valence-corrected chi connectivity index (χ2v) is 3.99. The Hall–Kier alpha value is -0.530.